The smallest absolute Gasteiger partial charge is 0.269 e. The van der Waals surface area contributed by atoms with Crippen LogP contribution in [0.3, 0.4) is 0 Å². The molecule has 1 aromatic carbocycles. The predicted octanol–water partition coefficient (Wildman–Crippen LogP) is 4.75. The van der Waals surface area contributed by atoms with Gasteiger partial charge in [0.25, 0.3) is 11.6 Å². The van der Waals surface area contributed by atoms with Gasteiger partial charge in [0.05, 0.1) is 21.8 Å². The molecule has 0 saturated heterocycles. The molecule has 0 fully saturated rings. The molecule has 30 heavy (non-hydrogen) atoms. The molecule has 0 spiro atoms. The molecule has 3 heterocycles. The van der Waals surface area contributed by atoms with E-state index >= 15 is 0 Å². The number of rotatable bonds is 5. The normalized spacial score (nSPS) is 11.0. The number of carbonyl (C=O) groups excluding carboxylic acids is 1. The van der Waals surface area contributed by atoms with E-state index in [1.165, 1.54) is 23.5 Å². The Kier molecular flexibility index (Phi) is 5.04. The van der Waals surface area contributed by atoms with Gasteiger partial charge in [-0.2, -0.15) is 0 Å². The third-order valence-corrected chi connectivity index (χ3v) is 5.97. The van der Waals surface area contributed by atoms with E-state index in [9.17, 15) is 14.9 Å². The predicted molar refractivity (Wildman–Crippen MR) is 113 cm³/mol. The molecule has 4 rings (SSSR count). The van der Waals surface area contributed by atoms with Crippen LogP contribution >= 0.6 is 11.3 Å². The van der Waals surface area contributed by atoms with Crippen molar-refractivity contribution >= 4 is 33.1 Å². The van der Waals surface area contributed by atoms with Crippen molar-refractivity contribution < 1.29 is 14.1 Å². The Labute approximate surface area is 176 Å². The first-order valence-electron chi connectivity index (χ1n) is 9.15. The van der Waals surface area contributed by atoms with Gasteiger partial charge >= 0.3 is 0 Å². The third-order valence-electron chi connectivity index (χ3n) is 4.79. The van der Waals surface area contributed by atoms with Crippen molar-refractivity contribution in [1.29, 1.82) is 0 Å². The number of nitro groups is 1. The number of thiophene rings is 1. The molecule has 0 aliphatic carbocycles. The van der Waals surface area contributed by atoms with Gasteiger partial charge in [-0.15, -0.1) is 11.3 Å². The molecule has 0 aliphatic heterocycles. The van der Waals surface area contributed by atoms with Crippen LogP contribution in [0.25, 0.3) is 21.8 Å². The van der Waals surface area contributed by atoms with Crippen molar-refractivity contribution in [3.05, 3.63) is 74.5 Å². The SMILES string of the molecule is Cc1nc(-c2ccco2)nc2sc(C(=O)N(C)Cc3cccc([N+](=O)[O-])c3)c(C)c12. The molecule has 0 saturated carbocycles. The maximum atomic E-state index is 13.1. The summed E-state index contributed by atoms with van der Waals surface area (Å²) in [4.78, 5) is 35.6. The number of nitro benzene ring substituents is 1. The first-order chi connectivity index (χ1) is 14.3. The molecular formula is C21H18N4O4S. The van der Waals surface area contributed by atoms with Gasteiger partial charge in [-0.05, 0) is 37.1 Å². The monoisotopic (exact) mass is 422 g/mol. The number of carbonyl (C=O) groups is 1. The Morgan fingerprint density at radius 3 is 2.73 bits per heavy atom. The van der Waals surface area contributed by atoms with Gasteiger partial charge in [-0.25, -0.2) is 9.97 Å². The lowest BCUT2D eigenvalue weighted by atomic mass is 10.1. The number of aromatic nitrogens is 2. The molecule has 9 heteroatoms. The Bertz CT molecular complexity index is 1260. The number of amides is 1. The number of aryl methyl sites for hydroxylation is 2. The standard InChI is InChI=1S/C21H18N4O4S/c1-12-17-13(2)22-19(16-8-5-9-29-16)23-20(17)30-18(12)21(26)24(3)11-14-6-4-7-15(10-14)25(27)28/h4-10H,11H2,1-3H3. The van der Waals surface area contributed by atoms with Crippen LogP contribution in [-0.4, -0.2) is 32.7 Å². The minimum atomic E-state index is -0.445. The van der Waals surface area contributed by atoms with Crippen LogP contribution in [0.5, 0.6) is 0 Å². The number of fused-ring (bicyclic) bond motifs is 1. The van der Waals surface area contributed by atoms with Crippen LogP contribution in [0.2, 0.25) is 0 Å². The highest BCUT2D eigenvalue weighted by molar-refractivity contribution is 7.20. The highest BCUT2D eigenvalue weighted by atomic mass is 32.1. The van der Waals surface area contributed by atoms with E-state index in [0.717, 1.165) is 21.5 Å². The van der Waals surface area contributed by atoms with E-state index in [1.54, 1.807) is 42.5 Å². The van der Waals surface area contributed by atoms with Gasteiger partial charge in [0.2, 0.25) is 0 Å². The molecule has 0 radical (unpaired) electrons. The maximum absolute atomic E-state index is 13.1. The summed E-state index contributed by atoms with van der Waals surface area (Å²) in [6.07, 6.45) is 1.57. The van der Waals surface area contributed by atoms with Crippen LogP contribution < -0.4 is 0 Å². The number of non-ortho nitro benzene ring substituents is 1. The van der Waals surface area contributed by atoms with Gasteiger partial charge in [-0.3, -0.25) is 14.9 Å². The van der Waals surface area contributed by atoms with Crippen molar-refractivity contribution in [2.75, 3.05) is 7.05 Å². The summed E-state index contributed by atoms with van der Waals surface area (Å²) < 4.78 is 5.40. The molecule has 0 unspecified atom stereocenters. The number of nitrogens with zero attached hydrogens (tertiary/aromatic N) is 4. The van der Waals surface area contributed by atoms with E-state index in [0.29, 0.717) is 22.0 Å². The zero-order valence-electron chi connectivity index (χ0n) is 16.6. The van der Waals surface area contributed by atoms with Gasteiger partial charge < -0.3 is 9.32 Å². The molecular weight excluding hydrogens is 404 g/mol. The van der Waals surface area contributed by atoms with Gasteiger partial charge in [0.15, 0.2) is 11.6 Å². The zero-order chi connectivity index (χ0) is 21.4. The fraction of sp³-hybridized carbons (Fsp3) is 0.190. The van der Waals surface area contributed by atoms with Gasteiger partial charge in [0, 0.05) is 31.1 Å². The fourth-order valence-corrected chi connectivity index (χ4v) is 4.57. The average Bonchev–Trinajstić information content (AvgIpc) is 3.36. The second kappa shape index (κ2) is 7.68. The second-order valence-electron chi connectivity index (χ2n) is 6.93. The number of furan rings is 1. The molecule has 0 aliphatic rings. The van der Waals surface area contributed by atoms with Gasteiger partial charge in [0.1, 0.15) is 4.83 Å². The van der Waals surface area contributed by atoms with E-state index in [4.69, 9.17) is 4.42 Å². The lowest BCUT2D eigenvalue weighted by molar-refractivity contribution is -0.384. The summed E-state index contributed by atoms with van der Waals surface area (Å²) in [5.41, 5.74) is 2.30. The number of benzene rings is 1. The molecule has 8 nitrogen and oxygen atoms in total. The highest BCUT2D eigenvalue weighted by Gasteiger charge is 2.22. The van der Waals surface area contributed by atoms with Crippen LogP contribution in [0.15, 0.2) is 47.1 Å². The average molecular weight is 422 g/mol. The lowest BCUT2D eigenvalue weighted by Gasteiger charge is -2.16. The van der Waals surface area contributed by atoms with E-state index in [1.807, 2.05) is 13.8 Å². The van der Waals surface area contributed by atoms with Crippen molar-refractivity contribution in [2.24, 2.45) is 0 Å². The summed E-state index contributed by atoms with van der Waals surface area (Å²) in [6, 6.07) is 9.85. The van der Waals surface area contributed by atoms with Crippen LogP contribution in [0.4, 0.5) is 5.69 Å². The van der Waals surface area contributed by atoms with E-state index in [-0.39, 0.29) is 18.1 Å². The van der Waals surface area contributed by atoms with Crippen LogP contribution in [0.1, 0.15) is 26.5 Å². The summed E-state index contributed by atoms with van der Waals surface area (Å²) in [6.45, 7) is 4.03. The Morgan fingerprint density at radius 2 is 2.03 bits per heavy atom. The highest BCUT2D eigenvalue weighted by Crippen LogP contribution is 2.33. The Hall–Kier alpha value is -3.59. The van der Waals surface area contributed by atoms with Gasteiger partial charge in [-0.1, -0.05) is 12.1 Å². The molecule has 152 valence electrons. The Balaban J connectivity index is 1.66. The van der Waals surface area contributed by atoms with Crippen molar-refractivity contribution in [1.82, 2.24) is 14.9 Å². The van der Waals surface area contributed by atoms with E-state index < -0.39 is 4.92 Å². The van der Waals surface area contributed by atoms with Crippen molar-refractivity contribution in [3.8, 4) is 11.6 Å². The largest absolute Gasteiger partial charge is 0.461 e. The molecule has 1 amide bonds. The summed E-state index contributed by atoms with van der Waals surface area (Å²) in [5.74, 6) is 0.887. The zero-order valence-corrected chi connectivity index (χ0v) is 17.4. The maximum Gasteiger partial charge on any atom is 0.269 e. The fourth-order valence-electron chi connectivity index (χ4n) is 3.35. The van der Waals surface area contributed by atoms with Crippen LogP contribution in [-0.2, 0) is 6.54 Å². The Morgan fingerprint density at radius 1 is 1.23 bits per heavy atom. The minimum Gasteiger partial charge on any atom is -0.461 e. The molecule has 3 aromatic heterocycles. The van der Waals surface area contributed by atoms with Crippen LogP contribution in [0, 0.1) is 24.0 Å². The first kappa shape index (κ1) is 19.7. The lowest BCUT2D eigenvalue weighted by Crippen LogP contribution is -2.26. The number of hydrogen-bond acceptors (Lipinski definition) is 7. The summed E-state index contributed by atoms with van der Waals surface area (Å²) in [7, 11) is 1.68. The summed E-state index contributed by atoms with van der Waals surface area (Å²) in [5, 5.41) is 11.9. The molecule has 0 bridgehead atoms. The molecule has 0 atom stereocenters. The van der Waals surface area contributed by atoms with Crippen molar-refractivity contribution in [2.45, 2.75) is 20.4 Å². The van der Waals surface area contributed by atoms with E-state index in [2.05, 4.69) is 9.97 Å². The topological polar surface area (TPSA) is 102 Å². The minimum absolute atomic E-state index is 0.00254. The first-order valence-corrected chi connectivity index (χ1v) is 9.97. The number of hydrogen-bond donors (Lipinski definition) is 0. The summed E-state index contributed by atoms with van der Waals surface area (Å²) >= 11 is 1.31. The molecule has 4 aromatic rings. The quantitative estimate of drug-likeness (QED) is 0.340. The molecule has 0 N–H and O–H groups in total. The van der Waals surface area contributed by atoms with Crippen molar-refractivity contribution in [3.63, 3.8) is 0 Å². The third kappa shape index (κ3) is 3.55. The second-order valence-corrected chi connectivity index (χ2v) is 7.93.